The molecule has 0 saturated heterocycles. The number of hydrogen-bond acceptors (Lipinski definition) is 7. The minimum Gasteiger partial charge on any atom is -0.380 e. The van der Waals surface area contributed by atoms with Gasteiger partial charge in [-0.25, -0.2) is 4.39 Å². The molecular formula is C28H31ClFN7. The second-order valence-electron chi connectivity index (χ2n) is 10.7. The highest BCUT2D eigenvalue weighted by Crippen LogP contribution is 2.37. The van der Waals surface area contributed by atoms with Gasteiger partial charge >= 0.3 is 0 Å². The summed E-state index contributed by atoms with van der Waals surface area (Å²) in [6.07, 6.45) is 5.55. The molecule has 2 heterocycles. The lowest BCUT2D eigenvalue weighted by atomic mass is 9.87. The standard InChI is InChI=1S/C28H31ClFN7/c1-16(28(2,3)4)33-25-18(13-31)14-32-27-22(25)11-20(12-23(27)29)34-26(17-5-7-19(30)8-6-17)24-15-37(36-35-24)21-9-10-21/h5-8,11-12,14-16,21,26,34-36H,9-10H2,1-4H3,(H,32,33)/t16-,26?/m0/s1/i26D. The molecule has 1 aromatic heterocycles. The van der Waals surface area contributed by atoms with Crippen molar-refractivity contribution in [2.75, 3.05) is 10.6 Å². The summed E-state index contributed by atoms with van der Waals surface area (Å²) < 4.78 is 23.4. The van der Waals surface area contributed by atoms with Crippen LogP contribution in [0.1, 0.15) is 59.1 Å². The fraction of sp³-hybridized carbons (Fsp3) is 0.357. The van der Waals surface area contributed by atoms with Crippen LogP contribution in [0.5, 0.6) is 0 Å². The molecule has 0 spiro atoms. The van der Waals surface area contributed by atoms with E-state index in [1.807, 2.05) is 17.3 Å². The maximum Gasteiger partial charge on any atom is 0.123 e. The lowest BCUT2D eigenvalue weighted by Gasteiger charge is -2.30. The molecule has 0 radical (unpaired) electrons. The number of benzene rings is 2. The molecule has 2 atom stereocenters. The van der Waals surface area contributed by atoms with E-state index in [0.717, 1.165) is 12.8 Å². The summed E-state index contributed by atoms with van der Waals surface area (Å²) in [4.78, 5) is 4.45. The van der Waals surface area contributed by atoms with Crippen LogP contribution in [0.2, 0.25) is 5.02 Å². The topological polar surface area (TPSA) is 88.0 Å². The maximum atomic E-state index is 13.8. The number of pyridine rings is 1. The SMILES string of the molecule is [2H]C(Nc1cc(Cl)c2ncc(C#N)c(N[C@@H](C)C(C)(C)C)c2c1)(C1=CN(C2CC2)NN1)c1ccc(F)cc1. The third-order valence-corrected chi connectivity index (χ3v) is 7.19. The quantitative estimate of drug-likeness (QED) is 0.294. The zero-order chi connectivity index (χ0) is 27.2. The van der Waals surface area contributed by atoms with Gasteiger partial charge in [0.1, 0.15) is 11.9 Å². The predicted octanol–water partition coefficient (Wildman–Crippen LogP) is 6.23. The van der Waals surface area contributed by atoms with Gasteiger partial charge in [0, 0.05) is 35.6 Å². The molecule has 0 bridgehead atoms. The van der Waals surface area contributed by atoms with Gasteiger partial charge in [-0.2, -0.15) is 5.26 Å². The Morgan fingerprint density at radius 2 is 1.97 bits per heavy atom. The molecule has 5 rings (SSSR count). The van der Waals surface area contributed by atoms with Crippen molar-refractivity contribution in [3.05, 3.63) is 76.5 Å². The van der Waals surface area contributed by atoms with E-state index in [2.05, 4.69) is 60.3 Å². The zero-order valence-electron chi connectivity index (χ0n) is 22.3. The molecule has 2 aliphatic rings. The van der Waals surface area contributed by atoms with Crippen molar-refractivity contribution in [1.29, 1.82) is 5.26 Å². The van der Waals surface area contributed by atoms with Gasteiger partial charge in [0.15, 0.2) is 0 Å². The first-order valence-electron chi connectivity index (χ1n) is 12.8. The smallest absolute Gasteiger partial charge is 0.123 e. The van der Waals surface area contributed by atoms with Gasteiger partial charge in [-0.05, 0) is 55.0 Å². The van der Waals surface area contributed by atoms with Crippen LogP contribution >= 0.6 is 11.6 Å². The lowest BCUT2D eigenvalue weighted by Crippen LogP contribution is -2.38. The molecule has 192 valence electrons. The summed E-state index contributed by atoms with van der Waals surface area (Å²) in [6, 6.07) is 10.6. The van der Waals surface area contributed by atoms with E-state index in [-0.39, 0.29) is 17.3 Å². The monoisotopic (exact) mass is 520 g/mol. The average molecular weight is 521 g/mol. The van der Waals surface area contributed by atoms with Gasteiger partial charge in [0.2, 0.25) is 0 Å². The molecule has 1 aliphatic carbocycles. The van der Waals surface area contributed by atoms with Crippen LogP contribution in [0.4, 0.5) is 15.8 Å². The van der Waals surface area contributed by atoms with E-state index in [9.17, 15) is 11.0 Å². The number of aromatic nitrogens is 1. The minimum absolute atomic E-state index is 0.0393. The van der Waals surface area contributed by atoms with Crippen molar-refractivity contribution in [3.8, 4) is 6.07 Å². The number of hydrogen-bond donors (Lipinski definition) is 4. The zero-order valence-corrected chi connectivity index (χ0v) is 22.0. The third-order valence-electron chi connectivity index (χ3n) is 6.90. The lowest BCUT2D eigenvalue weighted by molar-refractivity contribution is 0.260. The maximum absolute atomic E-state index is 13.8. The van der Waals surface area contributed by atoms with Crippen LogP contribution in [-0.2, 0) is 0 Å². The van der Waals surface area contributed by atoms with Crippen molar-refractivity contribution >= 4 is 33.9 Å². The number of anilines is 2. The first-order valence-corrected chi connectivity index (χ1v) is 12.7. The molecule has 1 aliphatic heterocycles. The van der Waals surface area contributed by atoms with E-state index in [1.54, 1.807) is 18.2 Å². The molecule has 1 saturated carbocycles. The first kappa shape index (κ1) is 23.8. The van der Waals surface area contributed by atoms with Gasteiger partial charge < -0.3 is 16.1 Å². The van der Waals surface area contributed by atoms with Gasteiger partial charge in [-0.3, -0.25) is 9.99 Å². The van der Waals surface area contributed by atoms with Gasteiger partial charge in [0.05, 0.1) is 34.9 Å². The first-order chi connectivity index (χ1) is 18.0. The van der Waals surface area contributed by atoms with Crippen LogP contribution in [0.15, 0.2) is 54.5 Å². The van der Waals surface area contributed by atoms with Crippen LogP contribution in [0, 0.1) is 22.6 Å². The number of nitrogens with zero attached hydrogens (tertiary/aromatic N) is 3. The van der Waals surface area contributed by atoms with Crippen molar-refractivity contribution < 1.29 is 5.76 Å². The summed E-state index contributed by atoms with van der Waals surface area (Å²) in [5.41, 5.74) is 9.41. The van der Waals surface area contributed by atoms with Crippen molar-refractivity contribution in [2.45, 2.75) is 58.6 Å². The summed E-state index contributed by atoms with van der Waals surface area (Å²) in [5, 5.41) is 19.7. The van der Waals surface area contributed by atoms with Crippen LogP contribution in [-0.4, -0.2) is 22.1 Å². The number of nitrogens with one attached hydrogen (secondary N) is 4. The van der Waals surface area contributed by atoms with Gasteiger partial charge in [-0.15, -0.1) is 5.53 Å². The molecule has 1 fully saturated rings. The van der Waals surface area contributed by atoms with E-state index in [1.165, 1.54) is 18.3 Å². The molecule has 0 amide bonds. The summed E-state index contributed by atoms with van der Waals surface area (Å²) >= 11 is 6.71. The molecule has 2 aromatic carbocycles. The summed E-state index contributed by atoms with van der Waals surface area (Å²) in [5.74, 6) is -0.380. The number of nitriles is 1. The molecule has 1 unspecified atom stereocenters. The highest BCUT2D eigenvalue weighted by Gasteiger charge is 2.32. The highest BCUT2D eigenvalue weighted by molar-refractivity contribution is 6.35. The second-order valence-corrected chi connectivity index (χ2v) is 11.1. The van der Waals surface area contributed by atoms with E-state index >= 15 is 0 Å². The Bertz CT molecular complexity index is 1440. The Morgan fingerprint density at radius 3 is 2.62 bits per heavy atom. The molecule has 4 N–H and O–H groups in total. The fourth-order valence-corrected chi connectivity index (χ4v) is 4.33. The van der Waals surface area contributed by atoms with Crippen LogP contribution < -0.4 is 21.6 Å². The Hall–Kier alpha value is -3.54. The van der Waals surface area contributed by atoms with Crippen molar-refractivity contribution in [3.63, 3.8) is 0 Å². The molecular weight excluding hydrogens is 489 g/mol. The minimum atomic E-state index is -1.51. The van der Waals surface area contributed by atoms with Crippen molar-refractivity contribution in [1.82, 2.24) is 21.0 Å². The summed E-state index contributed by atoms with van der Waals surface area (Å²) in [6.45, 7) is 8.44. The van der Waals surface area contributed by atoms with Gasteiger partial charge in [-0.1, -0.05) is 44.5 Å². The number of fused-ring (bicyclic) bond motifs is 1. The van der Waals surface area contributed by atoms with Crippen molar-refractivity contribution in [2.24, 2.45) is 5.41 Å². The molecule has 9 heteroatoms. The predicted molar refractivity (Wildman–Crippen MR) is 146 cm³/mol. The molecule has 3 aromatic rings. The fourth-order valence-electron chi connectivity index (χ4n) is 4.07. The van der Waals surface area contributed by atoms with E-state index in [4.69, 9.17) is 11.6 Å². The van der Waals surface area contributed by atoms with E-state index in [0.29, 0.717) is 50.2 Å². The van der Waals surface area contributed by atoms with Crippen LogP contribution in [0.3, 0.4) is 0 Å². The Morgan fingerprint density at radius 1 is 1.24 bits per heavy atom. The van der Waals surface area contributed by atoms with Gasteiger partial charge in [0.25, 0.3) is 0 Å². The highest BCUT2D eigenvalue weighted by atomic mass is 35.5. The Labute approximate surface area is 223 Å². The number of hydrazine groups is 2. The Balaban J connectivity index is 1.61. The average Bonchev–Trinajstić information content (AvgIpc) is 3.59. The largest absolute Gasteiger partial charge is 0.380 e. The Kier molecular flexibility index (Phi) is 6.27. The number of rotatable bonds is 7. The molecule has 37 heavy (non-hydrogen) atoms. The second kappa shape index (κ2) is 9.73. The normalized spacial score (nSPS) is 18.4. The summed E-state index contributed by atoms with van der Waals surface area (Å²) in [7, 11) is 0. The van der Waals surface area contributed by atoms with Crippen LogP contribution in [0.25, 0.3) is 10.9 Å². The third kappa shape index (κ3) is 5.29. The number of halogens is 2. The molecule has 7 nitrogen and oxygen atoms in total. The van der Waals surface area contributed by atoms with E-state index < -0.39 is 6.02 Å².